The molecule has 0 aromatic rings. The molecule has 0 aliphatic carbocycles. The third kappa shape index (κ3) is 31.6. The smallest absolute Gasteiger partial charge is 0.220 e. The molecule has 0 bridgehead atoms. The topological polar surface area (TPSA) is 149 Å². The van der Waals surface area contributed by atoms with Crippen molar-refractivity contribution in [1.82, 2.24) is 5.32 Å². The van der Waals surface area contributed by atoms with Crippen molar-refractivity contribution in [3.8, 4) is 0 Å². The fourth-order valence-electron chi connectivity index (χ4n) is 8.58. The van der Waals surface area contributed by atoms with Gasteiger partial charge in [-0.3, -0.25) is 4.79 Å². The number of aliphatic hydroxyl groups excluding tert-OH is 5. The lowest BCUT2D eigenvalue weighted by Crippen LogP contribution is -2.60. The van der Waals surface area contributed by atoms with Crippen LogP contribution in [0.15, 0.2) is 0 Å². The van der Waals surface area contributed by atoms with Gasteiger partial charge in [-0.1, -0.05) is 239 Å². The van der Waals surface area contributed by atoms with Gasteiger partial charge < -0.3 is 40.3 Å². The van der Waals surface area contributed by atoms with Crippen molar-refractivity contribution in [2.75, 3.05) is 13.2 Å². The van der Waals surface area contributed by atoms with Crippen LogP contribution in [0.1, 0.15) is 258 Å². The monoisotopic (exact) mass is 842 g/mol. The highest BCUT2D eigenvalue weighted by Gasteiger charge is 2.44. The van der Waals surface area contributed by atoms with Crippen LogP contribution in [-0.4, -0.2) is 87.5 Å². The Balaban J connectivity index is 2.24. The molecule has 7 atom stereocenters. The minimum absolute atomic E-state index is 0.131. The number of hydrogen-bond acceptors (Lipinski definition) is 8. The summed E-state index contributed by atoms with van der Waals surface area (Å²) in [6.45, 7) is 3.86. The van der Waals surface area contributed by atoms with Gasteiger partial charge >= 0.3 is 0 Å². The van der Waals surface area contributed by atoms with E-state index in [-0.39, 0.29) is 12.5 Å². The molecule has 0 spiro atoms. The molecule has 9 nitrogen and oxygen atoms in total. The van der Waals surface area contributed by atoms with Crippen LogP contribution in [0.2, 0.25) is 0 Å². The van der Waals surface area contributed by atoms with E-state index < -0.39 is 49.5 Å². The second kappa shape index (κ2) is 41.2. The summed E-state index contributed by atoms with van der Waals surface area (Å²) in [5.41, 5.74) is 0. The van der Waals surface area contributed by atoms with Gasteiger partial charge in [-0.2, -0.15) is 0 Å². The molecule has 7 unspecified atom stereocenters. The van der Waals surface area contributed by atoms with Gasteiger partial charge in [-0.15, -0.1) is 0 Å². The summed E-state index contributed by atoms with van der Waals surface area (Å²) >= 11 is 0. The van der Waals surface area contributed by atoms with Crippen LogP contribution in [0.5, 0.6) is 0 Å². The number of amides is 1. The Morgan fingerprint density at radius 3 is 1.20 bits per heavy atom. The summed E-state index contributed by atoms with van der Waals surface area (Å²) in [5, 5.41) is 54.5. The molecule has 1 heterocycles. The summed E-state index contributed by atoms with van der Waals surface area (Å²) in [7, 11) is 0. The standard InChI is InChI=1S/C50H99NO8/c1-3-5-7-9-11-13-15-17-19-20-21-22-23-24-25-26-27-29-31-33-35-37-39-44(53)43(42-58-50-49(57)48(56)47(55)45(41-52)59-50)51-46(54)40-38-36-34-32-30-28-18-16-14-12-10-8-6-4-2/h43-45,47-50,52-53,55-57H,3-42H2,1-2H3,(H,51,54). The second-order valence-corrected chi connectivity index (χ2v) is 18.3. The molecule has 0 saturated carbocycles. The van der Waals surface area contributed by atoms with Crippen molar-refractivity contribution < 1.29 is 39.8 Å². The first-order valence-electron chi connectivity index (χ1n) is 25.7. The zero-order chi connectivity index (χ0) is 43.0. The lowest BCUT2D eigenvalue weighted by atomic mass is 9.99. The predicted molar refractivity (Wildman–Crippen MR) is 244 cm³/mol. The Morgan fingerprint density at radius 1 is 0.508 bits per heavy atom. The van der Waals surface area contributed by atoms with Crippen molar-refractivity contribution in [3.05, 3.63) is 0 Å². The second-order valence-electron chi connectivity index (χ2n) is 18.3. The Labute approximate surface area is 364 Å². The van der Waals surface area contributed by atoms with Gasteiger partial charge in [0, 0.05) is 6.42 Å². The molecule has 1 aliphatic rings. The van der Waals surface area contributed by atoms with Crippen LogP contribution in [0.25, 0.3) is 0 Å². The molecule has 9 heteroatoms. The summed E-state index contributed by atoms with van der Waals surface area (Å²) in [4.78, 5) is 13.0. The quantitative estimate of drug-likeness (QED) is 0.0332. The number of aliphatic hydroxyl groups is 5. The van der Waals surface area contributed by atoms with Crippen LogP contribution >= 0.6 is 0 Å². The molecule has 59 heavy (non-hydrogen) atoms. The molecule has 1 amide bonds. The lowest BCUT2D eigenvalue weighted by Gasteiger charge is -2.40. The van der Waals surface area contributed by atoms with Gasteiger partial charge in [-0.05, 0) is 12.8 Å². The molecule has 0 aromatic heterocycles. The largest absolute Gasteiger partial charge is 0.394 e. The van der Waals surface area contributed by atoms with E-state index in [9.17, 15) is 30.3 Å². The van der Waals surface area contributed by atoms with Gasteiger partial charge in [0.2, 0.25) is 5.91 Å². The molecule has 1 saturated heterocycles. The number of nitrogens with one attached hydrogen (secondary N) is 1. The summed E-state index contributed by atoms with van der Waals surface area (Å²) in [5.74, 6) is -0.139. The maximum atomic E-state index is 13.0. The van der Waals surface area contributed by atoms with Gasteiger partial charge in [0.1, 0.15) is 24.4 Å². The van der Waals surface area contributed by atoms with E-state index in [1.807, 2.05) is 0 Å². The number of hydrogen-bond donors (Lipinski definition) is 6. The van der Waals surface area contributed by atoms with Crippen molar-refractivity contribution in [1.29, 1.82) is 0 Å². The third-order valence-electron chi connectivity index (χ3n) is 12.7. The zero-order valence-electron chi connectivity index (χ0n) is 38.8. The highest BCUT2D eigenvalue weighted by molar-refractivity contribution is 5.76. The van der Waals surface area contributed by atoms with Crippen LogP contribution in [0, 0.1) is 0 Å². The summed E-state index contributed by atoms with van der Waals surface area (Å²) < 4.78 is 11.3. The van der Waals surface area contributed by atoms with Crippen molar-refractivity contribution in [2.24, 2.45) is 0 Å². The number of carbonyl (C=O) groups is 1. The van der Waals surface area contributed by atoms with Crippen LogP contribution in [-0.2, 0) is 14.3 Å². The van der Waals surface area contributed by atoms with Gasteiger partial charge in [0.05, 0.1) is 25.4 Å². The highest BCUT2D eigenvalue weighted by Crippen LogP contribution is 2.23. The van der Waals surface area contributed by atoms with Crippen molar-refractivity contribution >= 4 is 5.91 Å². The Kier molecular flexibility index (Phi) is 39.3. The minimum atomic E-state index is -1.55. The van der Waals surface area contributed by atoms with Gasteiger partial charge in [0.15, 0.2) is 6.29 Å². The van der Waals surface area contributed by atoms with E-state index in [4.69, 9.17) is 9.47 Å². The Bertz CT molecular complexity index is 893. The molecule has 1 rings (SSSR count). The molecule has 1 aliphatic heterocycles. The zero-order valence-corrected chi connectivity index (χ0v) is 38.8. The highest BCUT2D eigenvalue weighted by atomic mass is 16.7. The number of ether oxygens (including phenoxy) is 2. The molecule has 6 N–H and O–H groups in total. The van der Waals surface area contributed by atoms with E-state index in [1.54, 1.807) is 0 Å². The predicted octanol–water partition coefficient (Wildman–Crippen LogP) is 11.5. The molecule has 0 radical (unpaired) electrons. The van der Waals surface area contributed by atoms with E-state index in [2.05, 4.69) is 19.2 Å². The number of unbranched alkanes of at least 4 members (excludes halogenated alkanes) is 34. The molecule has 1 fully saturated rings. The normalized spacial score (nSPS) is 20.6. The van der Waals surface area contributed by atoms with E-state index >= 15 is 0 Å². The summed E-state index contributed by atoms with van der Waals surface area (Å²) in [6, 6.07) is -0.712. The average molecular weight is 842 g/mol. The Morgan fingerprint density at radius 2 is 0.847 bits per heavy atom. The first kappa shape index (κ1) is 56.2. The first-order chi connectivity index (χ1) is 28.8. The minimum Gasteiger partial charge on any atom is -0.394 e. The average Bonchev–Trinajstić information content (AvgIpc) is 3.23. The number of rotatable bonds is 44. The Hall–Kier alpha value is -0.810. The maximum absolute atomic E-state index is 13.0. The van der Waals surface area contributed by atoms with Crippen molar-refractivity contribution in [2.45, 2.75) is 301 Å². The molecular weight excluding hydrogens is 743 g/mol. The van der Waals surface area contributed by atoms with Gasteiger partial charge in [0.25, 0.3) is 0 Å². The van der Waals surface area contributed by atoms with Crippen LogP contribution in [0.3, 0.4) is 0 Å². The maximum Gasteiger partial charge on any atom is 0.220 e. The van der Waals surface area contributed by atoms with Crippen LogP contribution < -0.4 is 5.32 Å². The SMILES string of the molecule is CCCCCCCCCCCCCCCCCCCCCCCCC(O)C(COC1OC(CO)C(O)C(O)C1O)NC(=O)CCCCCCCCCCCCCCCC. The van der Waals surface area contributed by atoms with E-state index in [1.165, 1.54) is 193 Å². The van der Waals surface area contributed by atoms with Gasteiger partial charge in [-0.25, -0.2) is 0 Å². The third-order valence-corrected chi connectivity index (χ3v) is 12.7. The van der Waals surface area contributed by atoms with Crippen molar-refractivity contribution in [3.63, 3.8) is 0 Å². The van der Waals surface area contributed by atoms with E-state index in [0.29, 0.717) is 12.8 Å². The summed E-state index contributed by atoms with van der Waals surface area (Å²) in [6.07, 6.45) is 39.7. The molecule has 352 valence electrons. The fourth-order valence-corrected chi connectivity index (χ4v) is 8.58. The lowest BCUT2D eigenvalue weighted by molar-refractivity contribution is -0.302. The number of carbonyl (C=O) groups excluding carboxylic acids is 1. The fraction of sp³-hybridized carbons (Fsp3) is 0.980. The first-order valence-corrected chi connectivity index (χ1v) is 25.7. The van der Waals surface area contributed by atoms with E-state index in [0.717, 1.165) is 38.5 Å². The molecule has 0 aromatic carbocycles. The van der Waals surface area contributed by atoms with Crippen LogP contribution in [0.4, 0.5) is 0 Å². The molecular formula is C50H99NO8.